The Kier molecular flexibility index (Phi) is 4.02. The molecule has 1 aromatic carbocycles. The number of urea groups is 1. The molecule has 0 heterocycles. The predicted octanol–water partition coefficient (Wildman–Crippen LogP) is 2.90. The van der Waals surface area contributed by atoms with Crippen molar-refractivity contribution in [2.75, 3.05) is 12.4 Å². The van der Waals surface area contributed by atoms with Crippen molar-refractivity contribution in [3.63, 3.8) is 0 Å². The van der Waals surface area contributed by atoms with Gasteiger partial charge in [-0.1, -0.05) is 12.8 Å². The fourth-order valence-electron chi connectivity index (χ4n) is 2.17. The zero-order valence-corrected chi connectivity index (χ0v) is 10.3. The van der Waals surface area contributed by atoms with Crippen LogP contribution in [0.2, 0.25) is 0 Å². The topological polar surface area (TPSA) is 50.4 Å². The summed E-state index contributed by atoms with van der Waals surface area (Å²) >= 11 is 0. The quantitative estimate of drug-likeness (QED) is 0.869. The van der Waals surface area contributed by atoms with Crippen LogP contribution >= 0.6 is 0 Å². The third kappa shape index (κ3) is 3.12. The van der Waals surface area contributed by atoms with Gasteiger partial charge in [0, 0.05) is 17.8 Å². The number of hydrogen-bond acceptors (Lipinski definition) is 2. The van der Waals surface area contributed by atoms with Gasteiger partial charge >= 0.3 is 6.03 Å². The van der Waals surface area contributed by atoms with Crippen LogP contribution in [-0.2, 0) is 0 Å². The molecule has 0 saturated heterocycles. The standard InChI is InChI=1S/C13H17FN2O2/c1-18-12-7-6-10(8-11(12)14)16-13(17)15-9-4-2-3-5-9/h6-9H,2-5H2,1H3,(H2,15,16,17). The molecule has 1 fully saturated rings. The molecular weight excluding hydrogens is 235 g/mol. The molecule has 98 valence electrons. The van der Waals surface area contributed by atoms with Crippen LogP contribution in [0.5, 0.6) is 5.75 Å². The van der Waals surface area contributed by atoms with E-state index in [0.717, 1.165) is 25.7 Å². The molecule has 1 aliphatic carbocycles. The Hall–Kier alpha value is -1.78. The molecule has 2 rings (SSSR count). The molecule has 0 bridgehead atoms. The van der Waals surface area contributed by atoms with E-state index in [1.165, 1.54) is 19.2 Å². The van der Waals surface area contributed by atoms with Gasteiger partial charge in [-0.2, -0.15) is 0 Å². The molecule has 2 N–H and O–H groups in total. The summed E-state index contributed by atoms with van der Waals surface area (Å²) in [6.45, 7) is 0. The molecule has 1 aromatic rings. The molecule has 0 aliphatic heterocycles. The van der Waals surface area contributed by atoms with E-state index < -0.39 is 5.82 Å². The van der Waals surface area contributed by atoms with E-state index in [-0.39, 0.29) is 17.8 Å². The van der Waals surface area contributed by atoms with Crippen molar-refractivity contribution in [2.45, 2.75) is 31.7 Å². The largest absolute Gasteiger partial charge is 0.494 e. The van der Waals surface area contributed by atoms with Gasteiger partial charge in [0.1, 0.15) is 0 Å². The summed E-state index contributed by atoms with van der Waals surface area (Å²) in [5.74, 6) is -0.326. The van der Waals surface area contributed by atoms with Crippen molar-refractivity contribution in [3.8, 4) is 5.75 Å². The second-order valence-electron chi connectivity index (χ2n) is 4.43. The van der Waals surface area contributed by atoms with Crippen molar-refractivity contribution >= 4 is 11.7 Å². The number of benzene rings is 1. The minimum absolute atomic E-state index is 0.164. The first-order valence-corrected chi connectivity index (χ1v) is 6.10. The van der Waals surface area contributed by atoms with E-state index in [0.29, 0.717) is 5.69 Å². The van der Waals surface area contributed by atoms with Crippen LogP contribution in [0.4, 0.5) is 14.9 Å². The first-order valence-electron chi connectivity index (χ1n) is 6.10. The third-order valence-electron chi connectivity index (χ3n) is 3.10. The van der Waals surface area contributed by atoms with Gasteiger partial charge in [-0.15, -0.1) is 0 Å². The maximum absolute atomic E-state index is 13.4. The first kappa shape index (κ1) is 12.7. The number of anilines is 1. The van der Waals surface area contributed by atoms with E-state index in [2.05, 4.69) is 10.6 Å². The average molecular weight is 252 g/mol. The third-order valence-corrected chi connectivity index (χ3v) is 3.10. The van der Waals surface area contributed by atoms with Crippen molar-refractivity contribution in [2.24, 2.45) is 0 Å². The van der Waals surface area contributed by atoms with Crippen LogP contribution in [0.1, 0.15) is 25.7 Å². The number of carbonyl (C=O) groups is 1. The van der Waals surface area contributed by atoms with Gasteiger partial charge in [-0.25, -0.2) is 9.18 Å². The van der Waals surface area contributed by atoms with E-state index in [1.807, 2.05) is 0 Å². The lowest BCUT2D eigenvalue weighted by Gasteiger charge is -2.13. The summed E-state index contributed by atoms with van der Waals surface area (Å²) < 4.78 is 18.2. The normalized spacial score (nSPS) is 15.4. The number of ether oxygens (including phenoxy) is 1. The van der Waals surface area contributed by atoms with Crippen LogP contribution in [0.25, 0.3) is 0 Å². The highest BCUT2D eigenvalue weighted by Crippen LogP contribution is 2.21. The van der Waals surface area contributed by atoms with E-state index in [1.54, 1.807) is 6.07 Å². The Bertz CT molecular complexity index is 431. The summed E-state index contributed by atoms with van der Waals surface area (Å²) in [6.07, 6.45) is 4.35. The molecule has 1 saturated carbocycles. The average Bonchev–Trinajstić information content (AvgIpc) is 2.82. The molecule has 0 radical (unpaired) electrons. The van der Waals surface area contributed by atoms with Gasteiger partial charge in [0.2, 0.25) is 0 Å². The Morgan fingerprint density at radius 1 is 1.39 bits per heavy atom. The number of carbonyl (C=O) groups excluding carboxylic acids is 1. The second kappa shape index (κ2) is 5.71. The Balaban J connectivity index is 1.92. The van der Waals surface area contributed by atoms with Crippen LogP contribution in [0.15, 0.2) is 18.2 Å². The highest BCUT2D eigenvalue weighted by molar-refractivity contribution is 5.89. The van der Waals surface area contributed by atoms with Crippen molar-refractivity contribution < 1.29 is 13.9 Å². The van der Waals surface area contributed by atoms with Gasteiger partial charge in [0.05, 0.1) is 7.11 Å². The van der Waals surface area contributed by atoms with E-state index in [9.17, 15) is 9.18 Å². The summed E-state index contributed by atoms with van der Waals surface area (Å²) in [6, 6.07) is 4.29. The van der Waals surface area contributed by atoms with Gasteiger partial charge in [0.15, 0.2) is 11.6 Å². The maximum atomic E-state index is 13.4. The highest BCUT2D eigenvalue weighted by atomic mass is 19.1. The van der Waals surface area contributed by atoms with Crippen LogP contribution < -0.4 is 15.4 Å². The zero-order chi connectivity index (χ0) is 13.0. The second-order valence-corrected chi connectivity index (χ2v) is 4.43. The monoisotopic (exact) mass is 252 g/mol. The number of halogens is 1. The SMILES string of the molecule is COc1ccc(NC(=O)NC2CCCC2)cc1F. The minimum atomic E-state index is -0.490. The molecule has 5 heteroatoms. The molecular formula is C13H17FN2O2. The summed E-state index contributed by atoms with van der Waals surface area (Å²) in [5.41, 5.74) is 0.420. The molecule has 18 heavy (non-hydrogen) atoms. The fourth-order valence-corrected chi connectivity index (χ4v) is 2.17. The van der Waals surface area contributed by atoms with Crippen molar-refractivity contribution in [3.05, 3.63) is 24.0 Å². The number of hydrogen-bond donors (Lipinski definition) is 2. The predicted molar refractivity (Wildman–Crippen MR) is 67.4 cm³/mol. The molecule has 0 spiro atoms. The number of methoxy groups -OCH3 is 1. The Morgan fingerprint density at radius 3 is 2.72 bits per heavy atom. The van der Waals surface area contributed by atoms with Crippen LogP contribution in [0, 0.1) is 5.82 Å². The molecule has 2 amide bonds. The molecule has 4 nitrogen and oxygen atoms in total. The summed E-state index contributed by atoms with van der Waals surface area (Å²) in [7, 11) is 1.40. The molecule has 1 aliphatic rings. The van der Waals surface area contributed by atoms with Gasteiger partial charge in [-0.3, -0.25) is 0 Å². The van der Waals surface area contributed by atoms with Crippen molar-refractivity contribution in [1.29, 1.82) is 0 Å². The molecule has 0 aromatic heterocycles. The lowest BCUT2D eigenvalue weighted by molar-refractivity contribution is 0.248. The molecule has 0 atom stereocenters. The van der Waals surface area contributed by atoms with Gasteiger partial charge in [-0.05, 0) is 25.0 Å². The fraction of sp³-hybridized carbons (Fsp3) is 0.462. The Morgan fingerprint density at radius 2 is 2.11 bits per heavy atom. The lowest BCUT2D eigenvalue weighted by atomic mass is 10.2. The smallest absolute Gasteiger partial charge is 0.319 e. The van der Waals surface area contributed by atoms with E-state index in [4.69, 9.17) is 4.74 Å². The van der Waals surface area contributed by atoms with Crippen LogP contribution in [-0.4, -0.2) is 19.2 Å². The zero-order valence-electron chi connectivity index (χ0n) is 10.3. The minimum Gasteiger partial charge on any atom is -0.494 e. The van der Waals surface area contributed by atoms with Gasteiger partial charge in [0.25, 0.3) is 0 Å². The summed E-state index contributed by atoms with van der Waals surface area (Å²) in [5, 5.41) is 5.49. The lowest BCUT2D eigenvalue weighted by Crippen LogP contribution is -2.36. The number of rotatable bonds is 3. The summed E-state index contributed by atoms with van der Waals surface area (Å²) in [4.78, 5) is 11.7. The first-order chi connectivity index (χ1) is 8.69. The van der Waals surface area contributed by atoms with Crippen molar-refractivity contribution in [1.82, 2.24) is 5.32 Å². The number of amides is 2. The highest BCUT2D eigenvalue weighted by Gasteiger charge is 2.17. The van der Waals surface area contributed by atoms with Gasteiger partial charge < -0.3 is 15.4 Å². The molecule has 0 unspecified atom stereocenters. The maximum Gasteiger partial charge on any atom is 0.319 e. The Labute approximate surface area is 106 Å². The van der Waals surface area contributed by atoms with Crippen LogP contribution in [0.3, 0.4) is 0 Å². The number of nitrogens with one attached hydrogen (secondary N) is 2. The van der Waals surface area contributed by atoms with E-state index >= 15 is 0 Å².